The highest BCUT2D eigenvalue weighted by Gasteiger charge is 2.20. The number of nitrogens with zero attached hydrogens (tertiary/aromatic N) is 3. The summed E-state index contributed by atoms with van der Waals surface area (Å²) in [6.45, 7) is 0. The number of hydrogen-bond donors (Lipinski definition) is 0. The predicted octanol–water partition coefficient (Wildman–Crippen LogP) is 11.8. The van der Waals surface area contributed by atoms with Gasteiger partial charge in [0.25, 0.3) is 0 Å². The van der Waals surface area contributed by atoms with E-state index in [1.54, 1.807) is 0 Å². The maximum Gasteiger partial charge on any atom is 0.164 e. The van der Waals surface area contributed by atoms with Crippen LogP contribution < -0.4 is 0 Å². The van der Waals surface area contributed by atoms with E-state index in [1.165, 1.54) is 11.1 Å². The van der Waals surface area contributed by atoms with Crippen LogP contribution in [0.15, 0.2) is 180 Å². The van der Waals surface area contributed by atoms with Crippen molar-refractivity contribution < 1.29 is 4.42 Å². The molecule has 0 saturated heterocycles. The molecule has 0 N–H and O–H groups in total. The molecule has 0 radical (unpaired) electrons. The molecule has 49 heavy (non-hydrogen) atoms. The minimum absolute atomic E-state index is 0.596. The Hall–Kier alpha value is -6.65. The molecule has 0 amide bonds. The number of furan rings is 1. The number of aromatic nitrogens is 3. The second-order valence-corrected chi connectivity index (χ2v) is 12.0. The van der Waals surface area contributed by atoms with E-state index < -0.39 is 0 Å². The number of benzene rings is 7. The van der Waals surface area contributed by atoms with Gasteiger partial charge in [0.15, 0.2) is 17.5 Å². The molecule has 230 valence electrons. The SMILES string of the molecule is c1ccc(-c2cc(-c3ccccc3)cc(-c3cccc4oc5cccc(-c6nc(-c7ccccc7)nc(-c7ccccc7)n6)c5c34)c2)cc1. The zero-order chi connectivity index (χ0) is 32.6. The normalized spacial score (nSPS) is 11.3. The van der Waals surface area contributed by atoms with E-state index in [0.717, 1.165) is 60.9 Å². The molecular formula is C45H29N3O. The minimum Gasteiger partial charge on any atom is -0.456 e. The number of hydrogen-bond acceptors (Lipinski definition) is 4. The fourth-order valence-corrected chi connectivity index (χ4v) is 6.60. The summed E-state index contributed by atoms with van der Waals surface area (Å²) in [6.07, 6.45) is 0. The van der Waals surface area contributed by atoms with Crippen LogP contribution in [-0.2, 0) is 0 Å². The van der Waals surface area contributed by atoms with Crippen molar-refractivity contribution in [2.24, 2.45) is 0 Å². The van der Waals surface area contributed by atoms with Crippen molar-refractivity contribution in [3.63, 3.8) is 0 Å². The standard InChI is InChI=1S/C45H29N3O/c1-5-15-30(16-6-1)34-27-35(31-17-7-2-8-18-31)29-36(28-34)37-23-13-25-39-41(37)42-38(24-14-26-40(42)49-39)45-47-43(32-19-9-3-10-20-32)46-44(48-45)33-21-11-4-12-22-33/h1-29H. The Morgan fingerprint density at radius 1 is 0.286 bits per heavy atom. The van der Waals surface area contributed by atoms with Gasteiger partial charge < -0.3 is 4.42 Å². The fourth-order valence-electron chi connectivity index (χ4n) is 6.60. The van der Waals surface area contributed by atoms with E-state index >= 15 is 0 Å². The zero-order valence-corrected chi connectivity index (χ0v) is 26.5. The van der Waals surface area contributed by atoms with Crippen molar-refractivity contribution >= 4 is 21.9 Å². The molecule has 0 unspecified atom stereocenters. The molecule has 0 atom stereocenters. The van der Waals surface area contributed by atoms with Crippen LogP contribution in [0.1, 0.15) is 0 Å². The average molecular weight is 628 g/mol. The predicted molar refractivity (Wildman–Crippen MR) is 200 cm³/mol. The van der Waals surface area contributed by atoms with Crippen LogP contribution in [0.3, 0.4) is 0 Å². The molecule has 0 bridgehead atoms. The highest BCUT2D eigenvalue weighted by atomic mass is 16.3. The van der Waals surface area contributed by atoms with Crippen molar-refractivity contribution in [1.82, 2.24) is 15.0 Å². The van der Waals surface area contributed by atoms with Crippen molar-refractivity contribution in [3.8, 4) is 67.5 Å². The van der Waals surface area contributed by atoms with Gasteiger partial charge in [-0.2, -0.15) is 0 Å². The highest BCUT2D eigenvalue weighted by Crippen LogP contribution is 2.43. The Bertz CT molecular complexity index is 2280. The number of rotatable bonds is 6. The molecule has 0 spiro atoms. The average Bonchev–Trinajstić information content (AvgIpc) is 3.58. The molecule has 4 heteroatoms. The van der Waals surface area contributed by atoms with Crippen LogP contribution in [0.2, 0.25) is 0 Å². The monoisotopic (exact) mass is 627 g/mol. The minimum atomic E-state index is 0.596. The van der Waals surface area contributed by atoms with Gasteiger partial charge in [-0.1, -0.05) is 146 Å². The Labute approximate surface area is 284 Å². The molecule has 4 nitrogen and oxygen atoms in total. The molecule has 9 aromatic rings. The summed E-state index contributed by atoms with van der Waals surface area (Å²) in [5, 5.41) is 2.00. The van der Waals surface area contributed by atoms with Gasteiger partial charge in [-0.05, 0) is 63.7 Å². The first-order chi connectivity index (χ1) is 24.3. The third-order valence-corrected chi connectivity index (χ3v) is 8.92. The van der Waals surface area contributed by atoms with Gasteiger partial charge in [0.2, 0.25) is 0 Å². The van der Waals surface area contributed by atoms with Crippen LogP contribution in [0.25, 0.3) is 89.5 Å². The van der Waals surface area contributed by atoms with E-state index in [2.05, 4.69) is 97.1 Å². The summed E-state index contributed by atoms with van der Waals surface area (Å²) < 4.78 is 6.57. The third kappa shape index (κ3) is 5.35. The maximum atomic E-state index is 6.57. The second kappa shape index (κ2) is 12.2. The van der Waals surface area contributed by atoms with Gasteiger partial charge in [0.1, 0.15) is 11.2 Å². The molecular weight excluding hydrogens is 599 g/mol. The quantitative estimate of drug-likeness (QED) is 0.184. The smallest absolute Gasteiger partial charge is 0.164 e. The van der Waals surface area contributed by atoms with E-state index in [4.69, 9.17) is 19.4 Å². The lowest BCUT2D eigenvalue weighted by molar-refractivity contribution is 0.669. The summed E-state index contributed by atoms with van der Waals surface area (Å²) in [7, 11) is 0. The third-order valence-electron chi connectivity index (χ3n) is 8.92. The Kier molecular flexibility index (Phi) is 7.10. The van der Waals surface area contributed by atoms with Crippen molar-refractivity contribution in [2.45, 2.75) is 0 Å². The molecule has 2 heterocycles. The zero-order valence-electron chi connectivity index (χ0n) is 26.5. The molecule has 0 aliphatic rings. The van der Waals surface area contributed by atoms with E-state index in [0.29, 0.717) is 17.5 Å². The first-order valence-corrected chi connectivity index (χ1v) is 16.4. The molecule has 0 aliphatic carbocycles. The summed E-state index contributed by atoms with van der Waals surface area (Å²) >= 11 is 0. The second-order valence-electron chi connectivity index (χ2n) is 12.0. The Morgan fingerprint density at radius 3 is 1.16 bits per heavy atom. The Morgan fingerprint density at radius 2 is 0.673 bits per heavy atom. The highest BCUT2D eigenvalue weighted by molar-refractivity contribution is 6.17. The molecule has 0 saturated carbocycles. The summed E-state index contributed by atoms with van der Waals surface area (Å²) in [5.74, 6) is 1.84. The van der Waals surface area contributed by atoms with Gasteiger partial charge in [-0.15, -0.1) is 0 Å². The maximum absolute atomic E-state index is 6.57. The Balaban J connectivity index is 1.31. The fraction of sp³-hybridized carbons (Fsp3) is 0. The largest absolute Gasteiger partial charge is 0.456 e. The van der Waals surface area contributed by atoms with E-state index in [9.17, 15) is 0 Å². The van der Waals surface area contributed by atoms with Crippen molar-refractivity contribution in [1.29, 1.82) is 0 Å². The molecule has 7 aromatic carbocycles. The van der Waals surface area contributed by atoms with E-state index in [1.807, 2.05) is 78.9 Å². The molecule has 2 aromatic heterocycles. The first kappa shape index (κ1) is 28.6. The van der Waals surface area contributed by atoms with Gasteiger partial charge in [-0.3, -0.25) is 0 Å². The lowest BCUT2D eigenvalue weighted by Gasteiger charge is -2.13. The lowest BCUT2D eigenvalue weighted by atomic mass is 9.91. The lowest BCUT2D eigenvalue weighted by Crippen LogP contribution is -2.00. The van der Waals surface area contributed by atoms with Crippen LogP contribution >= 0.6 is 0 Å². The topological polar surface area (TPSA) is 51.8 Å². The van der Waals surface area contributed by atoms with Gasteiger partial charge >= 0.3 is 0 Å². The first-order valence-electron chi connectivity index (χ1n) is 16.4. The van der Waals surface area contributed by atoms with Crippen molar-refractivity contribution in [2.75, 3.05) is 0 Å². The van der Waals surface area contributed by atoms with Crippen LogP contribution in [0, 0.1) is 0 Å². The number of fused-ring (bicyclic) bond motifs is 3. The van der Waals surface area contributed by atoms with Crippen molar-refractivity contribution in [3.05, 3.63) is 176 Å². The van der Waals surface area contributed by atoms with Gasteiger partial charge in [-0.25, -0.2) is 15.0 Å². The van der Waals surface area contributed by atoms with Gasteiger partial charge in [0, 0.05) is 27.5 Å². The van der Waals surface area contributed by atoms with Crippen LogP contribution in [0.4, 0.5) is 0 Å². The van der Waals surface area contributed by atoms with Crippen LogP contribution in [0.5, 0.6) is 0 Å². The summed E-state index contributed by atoms with van der Waals surface area (Å²) in [4.78, 5) is 15.1. The molecule has 9 rings (SSSR count). The molecule has 0 fully saturated rings. The summed E-state index contributed by atoms with van der Waals surface area (Å²) in [5.41, 5.74) is 11.2. The van der Waals surface area contributed by atoms with Crippen LogP contribution in [-0.4, -0.2) is 15.0 Å². The van der Waals surface area contributed by atoms with E-state index in [-0.39, 0.29) is 0 Å². The van der Waals surface area contributed by atoms with Gasteiger partial charge in [0.05, 0.1) is 0 Å². The molecule has 0 aliphatic heterocycles. The summed E-state index contributed by atoms with van der Waals surface area (Å²) in [6, 6.07) is 60.5.